The molecule has 8 heteroatoms. The number of piperazine rings is 1. The lowest BCUT2D eigenvalue weighted by atomic mass is 10.1. The van der Waals surface area contributed by atoms with Gasteiger partial charge >= 0.3 is 11.8 Å². The smallest absolute Gasteiger partial charge is 0.387 e. The molecule has 102 valence electrons. The topological polar surface area (TPSA) is 97.6 Å². The fraction of sp³-hybridized carbons (Fsp3) is 0.455. The third-order valence-electron chi connectivity index (χ3n) is 2.97. The maximum Gasteiger partial charge on any atom is 0.387 e. The molecule has 0 amide bonds. The molecular weight excluding hydrogens is 252 g/mol. The molecule has 8 nitrogen and oxygen atoms in total. The molecule has 0 bridgehead atoms. The van der Waals surface area contributed by atoms with Crippen LogP contribution in [0.1, 0.15) is 0 Å². The molecule has 1 atom stereocenters. The van der Waals surface area contributed by atoms with Crippen LogP contribution in [0.15, 0.2) is 18.3 Å². The maximum atomic E-state index is 11.7. The molecule has 0 aliphatic carbocycles. The quantitative estimate of drug-likeness (QED) is 0.465. The van der Waals surface area contributed by atoms with E-state index >= 15 is 0 Å². The Morgan fingerprint density at radius 3 is 3.16 bits per heavy atom. The van der Waals surface area contributed by atoms with Gasteiger partial charge in [0.1, 0.15) is 17.9 Å². The van der Waals surface area contributed by atoms with Crippen molar-refractivity contribution in [2.45, 2.75) is 6.04 Å². The fourth-order valence-electron chi connectivity index (χ4n) is 2.09. The van der Waals surface area contributed by atoms with Crippen LogP contribution in [0.2, 0.25) is 0 Å². The molecule has 19 heavy (non-hydrogen) atoms. The summed E-state index contributed by atoms with van der Waals surface area (Å²) >= 11 is 0. The summed E-state index contributed by atoms with van der Waals surface area (Å²) in [5.74, 6) is -0.677. The zero-order chi connectivity index (χ0) is 13.8. The lowest BCUT2D eigenvalue weighted by molar-refractivity contribution is -0.388. The van der Waals surface area contributed by atoms with Crippen LogP contribution in [0.4, 0.5) is 11.5 Å². The molecular formula is C11H14N4O4. The normalized spacial score (nSPS) is 19.0. The zero-order valence-corrected chi connectivity index (χ0v) is 10.4. The largest absolute Gasteiger partial charge is 0.467 e. The van der Waals surface area contributed by atoms with Crippen LogP contribution in [0.5, 0.6) is 0 Å². The average Bonchev–Trinajstić information content (AvgIpc) is 2.46. The van der Waals surface area contributed by atoms with E-state index in [1.54, 1.807) is 17.0 Å². The highest BCUT2D eigenvalue weighted by Crippen LogP contribution is 2.27. The van der Waals surface area contributed by atoms with Gasteiger partial charge in [0.25, 0.3) is 0 Å². The fourth-order valence-corrected chi connectivity index (χ4v) is 2.09. The number of nitrogens with zero attached hydrogens (tertiary/aromatic N) is 3. The molecule has 1 saturated heterocycles. The molecule has 2 heterocycles. The molecule has 0 spiro atoms. The number of hydrogen-bond acceptors (Lipinski definition) is 7. The summed E-state index contributed by atoms with van der Waals surface area (Å²) in [6.07, 6.45) is 1.36. The van der Waals surface area contributed by atoms with Crippen molar-refractivity contribution in [2.75, 3.05) is 31.6 Å². The second kappa shape index (κ2) is 5.61. The van der Waals surface area contributed by atoms with Crippen molar-refractivity contribution < 1.29 is 14.5 Å². The summed E-state index contributed by atoms with van der Waals surface area (Å²) in [5, 5.41) is 14.1. The monoisotopic (exact) mass is 266 g/mol. The van der Waals surface area contributed by atoms with E-state index in [9.17, 15) is 14.9 Å². The second-order valence-corrected chi connectivity index (χ2v) is 4.04. The van der Waals surface area contributed by atoms with E-state index in [0.717, 1.165) is 0 Å². The van der Waals surface area contributed by atoms with Gasteiger partial charge in [-0.3, -0.25) is 0 Å². The van der Waals surface area contributed by atoms with Crippen LogP contribution in [-0.2, 0) is 9.53 Å². The molecule has 1 N–H and O–H groups in total. The van der Waals surface area contributed by atoms with Gasteiger partial charge in [-0.1, -0.05) is 0 Å². The van der Waals surface area contributed by atoms with Crippen LogP contribution < -0.4 is 10.2 Å². The number of ether oxygens (including phenoxy) is 1. The van der Waals surface area contributed by atoms with Crippen molar-refractivity contribution in [1.29, 1.82) is 0 Å². The average molecular weight is 266 g/mol. The maximum absolute atomic E-state index is 11.7. The molecule has 1 aliphatic heterocycles. The highest BCUT2D eigenvalue weighted by Gasteiger charge is 2.33. The molecule has 0 radical (unpaired) electrons. The van der Waals surface area contributed by atoms with Crippen molar-refractivity contribution >= 4 is 17.5 Å². The number of carbonyl (C=O) groups is 1. The number of nitro groups is 1. The summed E-state index contributed by atoms with van der Waals surface area (Å²) in [6.45, 7) is 1.50. The molecule has 0 aromatic carbocycles. The zero-order valence-electron chi connectivity index (χ0n) is 10.4. The van der Waals surface area contributed by atoms with Crippen molar-refractivity contribution in [3.63, 3.8) is 0 Å². The van der Waals surface area contributed by atoms with Crippen LogP contribution in [0, 0.1) is 10.1 Å². The van der Waals surface area contributed by atoms with E-state index in [1.807, 2.05) is 0 Å². The van der Waals surface area contributed by atoms with E-state index in [2.05, 4.69) is 10.3 Å². The van der Waals surface area contributed by atoms with E-state index in [4.69, 9.17) is 4.74 Å². The first kappa shape index (κ1) is 13.2. The van der Waals surface area contributed by atoms with Gasteiger partial charge in [0.2, 0.25) is 0 Å². The summed E-state index contributed by atoms with van der Waals surface area (Å²) < 4.78 is 4.73. The predicted octanol–water partition coefficient (Wildman–Crippen LogP) is -0.0590. The van der Waals surface area contributed by atoms with Gasteiger partial charge in [0.05, 0.1) is 7.11 Å². The van der Waals surface area contributed by atoms with Gasteiger partial charge in [-0.2, -0.15) is 0 Å². The van der Waals surface area contributed by atoms with E-state index in [-0.39, 0.29) is 5.82 Å². The first-order valence-electron chi connectivity index (χ1n) is 5.79. The van der Waals surface area contributed by atoms with Crippen LogP contribution in [0.3, 0.4) is 0 Å². The SMILES string of the molecule is COC(=O)[C@@H]1CNCCN1c1cccnc1[N+](=O)[O-]. The Hall–Kier alpha value is -2.22. The number of anilines is 1. The lowest BCUT2D eigenvalue weighted by Crippen LogP contribution is -2.55. The van der Waals surface area contributed by atoms with E-state index in [1.165, 1.54) is 13.3 Å². The second-order valence-electron chi connectivity index (χ2n) is 4.04. The summed E-state index contributed by atoms with van der Waals surface area (Å²) in [6, 6.07) is 2.62. The number of esters is 1. The molecule has 1 aliphatic rings. The summed E-state index contributed by atoms with van der Waals surface area (Å²) in [4.78, 5) is 27.6. The van der Waals surface area contributed by atoms with Crippen molar-refractivity contribution in [3.05, 3.63) is 28.4 Å². The number of methoxy groups -OCH3 is 1. The number of hydrogen-bond donors (Lipinski definition) is 1. The molecule has 2 rings (SSSR count). The highest BCUT2D eigenvalue weighted by atomic mass is 16.6. The molecule has 1 aromatic rings. The first-order chi connectivity index (χ1) is 9.15. The Labute approximate surface area is 109 Å². The van der Waals surface area contributed by atoms with Crippen molar-refractivity contribution in [2.24, 2.45) is 0 Å². The minimum atomic E-state index is -0.582. The summed E-state index contributed by atoms with van der Waals surface area (Å²) in [7, 11) is 1.30. The van der Waals surface area contributed by atoms with Crippen LogP contribution in [0.25, 0.3) is 0 Å². The van der Waals surface area contributed by atoms with Crippen LogP contribution in [-0.4, -0.2) is 48.7 Å². The van der Waals surface area contributed by atoms with Crippen molar-refractivity contribution in [1.82, 2.24) is 10.3 Å². The van der Waals surface area contributed by atoms with Gasteiger partial charge < -0.3 is 25.1 Å². The number of carbonyl (C=O) groups excluding carboxylic acids is 1. The predicted molar refractivity (Wildman–Crippen MR) is 66.9 cm³/mol. The Balaban J connectivity index is 2.37. The number of aromatic nitrogens is 1. The Kier molecular flexibility index (Phi) is 3.91. The highest BCUT2D eigenvalue weighted by molar-refractivity contribution is 5.81. The number of pyridine rings is 1. The number of nitrogens with one attached hydrogen (secondary N) is 1. The van der Waals surface area contributed by atoms with Gasteiger partial charge in [-0.25, -0.2) is 4.79 Å². The lowest BCUT2D eigenvalue weighted by Gasteiger charge is -2.35. The van der Waals surface area contributed by atoms with Crippen molar-refractivity contribution in [3.8, 4) is 0 Å². The Morgan fingerprint density at radius 1 is 1.68 bits per heavy atom. The van der Waals surface area contributed by atoms with E-state index < -0.39 is 16.9 Å². The van der Waals surface area contributed by atoms with Gasteiger partial charge in [0, 0.05) is 19.6 Å². The minimum absolute atomic E-state index is 0.252. The van der Waals surface area contributed by atoms with Gasteiger partial charge in [0.15, 0.2) is 0 Å². The molecule has 1 fully saturated rings. The molecule has 0 unspecified atom stereocenters. The molecule has 1 aromatic heterocycles. The van der Waals surface area contributed by atoms with Crippen LogP contribution >= 0.6 is 0 Å². The summed E-state index contributed by atoms with van der Waals surface area (Å²) in [5.41, 5.74) is 0.337. The minimum Gasteiger partial charge on any atom is -0.467 e. The van der Waals surface area contributed by atoms with Gasteiger partial charge in [-0.05, 0) is 22.0 Å². The Morgan fingerprint density at radius 2 is 2.47 bits per heavy atom. The van der Waals surface area contributed by atoms with E-state index in [0.29, 0.717) is 25.3 Å². The number of rotatable bonds is 3. The first-order valence-corrected chi connectivity index (χ1v) is 5.79. The third-order valence-corrected chi connectivity index (χ3v) is 2.97. The van der Waals surface area contributed by atoms with Gasteiger partial charge in [-0.15, -0.1) is 0 Å². The standard InChI is InChI=1S/C11H14N4O4/c1-19-11(16)9-7-12-5-6-14(9)8-3-2-4-13-10(8)15(17)18/h2-4,9,12H,5-7H2,1H3/t9-/m0/s1. The third kappa shape index (κ3) is 2.63. The molecule has 0 saturated carbocycles. The Bertz CT molecular complexity index is 493.